The highest BCUT2D eigenvalue weighted by atomic mass is 32.2. The molecule has 10 heteroatoms. The lowest BCUT2D eigenvalue weighted by Gasteiger charge is -2.26. The number of aromatic nitrogens is 2. The van der Waals surface area contributed by atoms with E-state index in [2.05, 4.69) is 9.97 Å². The Bertz CT molecular complexity index is 599. The Morgan fingerprint density at radius 2 is 2.12 bits per heavy atom. The third-order valence-electron chi connectivity index (χ3n) is 2.22. The number of hydrazine groups is 1. The van der Waals surface area contributed by atoms with Crippen molar-refractivity contribution in [3.8, 4) is 0 Å². The Kier molecular flexibility index (Phi) is 2.72. The molecule has 5 N–H and O–H groups in total. The molecule has 1 aromatic heterocycles. The van der Waals surface area contributed by atoms with Crippen LogP contribution >= 0.6 is 11.8 Å². The van der Waals surface area contributed by atoms with Crippen LogP contribution in [0.2, 0.25) is 0 Å². The molecule has 0 radical (unpaired) electrons. The molecule has 1 aliphatic heterocycles. The zero-order valence-electron chi connectivity index (χ0n) is 8.84. The van der Waals surface area contributed by atoms with Gasteiger partial charge in [-0.15, -0.1) is 0 Å². The van der Waals surface area contributed by atoms with E-state index in [1.165, 1.54) is 11.8 Å². The van der Waals surface area contributed by atoms with Crippen molar-refractivity contribution < 1.29 is 8.42 Å². The number of nitrogens with one attached hydrogen (secondary N) is 1. The van der Waals surface area contributed by atoms with Crippen LogP contribution in [0, 0.1) is 5.41 Å². The second-order valence-electron chi connectivity index (χ2n) is 3.32. The van der Waals surface area contributed by atoms with Crippen molar-refractivity contribution in [2.75, 3.05) is 22.2 Å². The van der Waals surface area contributed by atoms with Crippen LogP contribution in [0.4, 0.5) is 11.6 Å². The molecule has 0 aromatic carbocycles. The van der Waals surface area contributed by atoms with E-state index in [4.69, 9.17) is 17.0 Å². The summed E-state index contributed by atoms with van der Waals surface area (Å²) in [5, 5.41) is 7.96. The van der Waals surface area contributed by atoms with Gasteiger partial charge in [0.2, 0.25) is 0 Å². The van der Waals surface area contributed by atoms with Crippen molar-refractivity contribution in [2.45, 2.75) is 5.16 Å². The number of hydrogen-bond acceptors (Lipinski definition) is 8. The SMILES string of the molecule is CSc1nc(N)c2c(n1)N(N)S(=O)(=O)CC2=N. The van der Waals surface area contributed by atoms with E-state index in [9.17, 15) is 8.42 Å². The zero-order valence-corrected chi connectivity index (χ0v) is 10.5. The maximum absolute atomic E-state index is 11.6. The minimum atomic E-state index is -3.73. The van der Waals surface area contributed by atoms with E-state index in [-0.39, 0.29) is 22.9 Å². The minimum Gasteiger partial charge on any atom is -0.383 e. The van der Waals surface area contributed by atoms with Crippen LogP contribution in [0.15, 0.2) is 5.16 Å². The number of anilines is 2. The molecule has 0 saturated heterocycles. The highest BCUT2D eigenvalue weighted by Gasteiger charge is 2.34. The van der Waals surface area contributed by atoms with Crippen LogP contribution in [0.25, 0.3) is 0 Å². The normalized spacial score (nSPS) is 18.0. The first-order valence-electron chi connectivity index (χ1n) is 4.44. The Labute approximate surface area is 102 Å². The standard InChI is InChI=1S/C7H10N6O2S2/c1-16-7-11-5(9)4-3(8)2-17(14,15)13(10)6(4)12-7/h8H,2,10H2,1H3,(H2,9,11,12). The second-order valence-corrected chi connectivity index (χ2v) is 5.94. The van der Waals surface area contributed by atoms with Gasteiger partial charge in [-0.25, -0.2) is 24.2 Å². The van der Waals surface area contributed by atoms with Crippen molar-refractivity contribution >= 4 is 39.1 Å². The molecule has 2 rings (SSSR count). The molecular formula is C7H10N6O2S2. The number of nitrogens with two attached hydrogens (primary N) is 2. The van der Waals surface area contributed by atoms with E-state index in [0.29, 0.717) is 9.57 Å². The molecule has 1 aromatic rings. The lowest BCUT2D eigenvalue weighted by molar-refractivity contribution is 0.594. The van der Waals surface area contributed by atoms with Gasteiger partial charge in [0, 0.05) is 0 Å². The summed E-state index contributed by atoms with van der Waals surface area (Å²) in [6.07, 6.45) is 1.73. The molecule has 17 heavy (non-hydrogen) atoms. The van der Waals surface area contributed by atoms with Gasteiger partial charge in [0.1, 0.15) is 11.6 Å². The van der Waals surface area contributed by atoms with Crippen LogP contribution < -0.4 is 16.0 Å². The van der Waals surface area contributed by atoms with Gasteiger partial charge >= 0.3 is 0 Å². The zero-order chi connectivity index (χ0) is 12.8. The first kappa shape index (κ1) is 12.1. The van der Waals surface area contributed by atoms with Crippen molar-refractivity contribution in [2.24, 2.45) is 5.84 Å². The summed E-state index contributed by atoms with van der Waals surface area (Å²) in [4.78, 5) is 7.92. The van der Waals surface area contributed by atoms with Gasteiger partial charge in [-0.1, -0.05) is 11.8 Å². The summed E-state index contributed by atoms with van der Waals surface area (Å²) in [5.74, 6) is 5.00. The van der Waals surface area contributed by atoms with Crippen molar-refractivity contribution in [3.05, 3.63) is 5.56 Å². The van der Waals surface area contributed by atoms with E-state index >= 15 is 0 Å². The molecule has 92 valence electrons. The molecular weight excluding hydrogens is 264 g/mol. The number of nitrogens with zero attached hydrogens (tertiary/aromatic N) is 3. The van der Waals surface area contributed by atoms with Gasteiger partial charge in [0.15, 0.2) is 11.0 Å². The maximum atomic E-state index is 11.6. The highest BCUT2D eigenvalue weighted by molar-refractivity contribution is 7.98. The Hall–Kier alpha value is -1.39. The van der Waals surface area contributed by atoms with Gasteiger partial charge in [0.05, 0.1) is 11.3 Å². The fourth-order valence-corrected chi connectivity index (χ4v) is 2.85. The Balaban J connectivity index is 2.74. The molecule has 0 bridgehead atoms. The third-order valence-corrected chi connectivity index (χ3v) is 4.19. The summed E-state index contributed by atoms with van der Waals surface area (Å²) >= 11 is 1.21. The Morgan fingerprint density at radius 1 is 1.47 bits per heavy atom. The fraction of sp³-hybridized carbons (Fsp3) is 0.286. The lowest BCUT2D eigenvalue weighted by atomic mass is 10.2. The molecule has 8 nitrogen and oxygen atoms in total. The number of sulfonamides is 1. The van der Waals surface area contributed by atoms with Crippen LogP contribution in [0.5, 0.6) is 0 Å². The number of nitrogen functional groups attached to an aromatic ring is 1. The molecule has 0 saturated carbocycles. The predicted molar refractivity (Wildman–Crippen MR) is 65.5 cm³/mol. The number of rotatable bonds is 1. The van der Waals surface area contributed by atoms with Gasteiger partial charge in [-0.2, -0.15) is 4.41 Å². The summed E-state index contributed by atoms with van der Waals surface area (Å²) in [5.41, 5.74) is 5.71. The Morgan fingerprint density at radius 3 is 2.71 bits per heavy atom. The van der Waals surface area contributed by atoms with E-state index < -0.39 is 15.8 Å². The van der Waals surface area contributed by atoms with Gasteiger partial charge in [0.25, 0.3) is 10.0 Å². The van der Waals surface area contributed by atoms with E-state index in [0.717, 1.165) is 0 Å². The molecule has 2 heterocycles. The molecule has 0 atom stereocenters. The molecule has 0 fully saturated rings. The molecule has 0 amide bonds. The fourth-order valence-electron chi connectivity index (χ4n) is 1.44. The lowest BCUT2D eigenvalue weighted by Crippen LogP contribution is -2.46. The summed E-state index contributed by atoms with van der Waals surface area (Å²) < 4.78 is 23.8. The first-order valence-corrected chi connectivity index (χ1v) is 7.27. The molecule has 0 aliphatic carbocycles. The third kappa shape index (κ3) is 1.83. The van der Waals surface area contributed by atoms with Crippen molar-refractivity contribution in [1.82, 2.24) is 9.97 Å². The smallest absolute Gasteiger partial charge is 0.255 e. The van der Waals surface area contributed by atoms with Crippen LogP contribution in [-0.4, -0.2) is 36.1 Å². The summed E-state index contributed by atoms with van der Waals surface area (Å²) in [6.45, 7) is 0. The predicted octanol–water partition coefficient (Wildman–Crippen LogP) is -0.828. The van der Waals surface area contributed by atoms with Crippen molar-refractivity contribution in [3.63, 3.8) is 0 Å². The average molecular weight is 274 g/mol. The second kappa shape index (κ2) is 3.82. The quantitative estimate of drug-likeness (QED) is 0.345. The van der Waals surface area contributed by atoms with E-state index in [1.807, 2.05) is 0 Å². The minimum absolute atomic E-state index is 0.0434. The van der Waals surface area contributed by atoms with Crippen molar-refractivity contribution in [1.29, 1.82) is 5.41 Å². The summed E-state index contributed by atoms with van der Waals surface area (Å²) in [7, 11) is -3.73. The highest BCUT2D eigenvalue weighted by Crippen LogP contribution is 2.29. The van der Waals surface area contributed by atoms with Crippen LogP contribution in [0.1, 0.15) is 5.56 Å². The number of fused-ring (bicyclic) bond motifs is 1. The number of hydrogen-bond donors (Lipinski definition) is 3. The molecule has 0 spiro atoms. The topological polar surface area (TPSA) is 139 Å². The largest absolute Gasteiger partial charge is 0.383 e. The maximum Gasteiger partial charge on any atom is 0.255 e. The average Bonchev–Trinajstić information content (AvgIpc) is 2.24. The van der Waals surface area contributed by atoms with E-state index in [1.54, 1.807) is 6.26 Å². The molecule has 1 aliphatic rings. The monoisotopic (exact) mass is 274 g/mol. The van der Waals surface area contributed by atoms with Crippen LogP contribution in [-0.2, 0) is 10.0 Å². The molecule has 0 unspecified atom stereocenters. The first-order chi connectivity index (χ1) is 7.86. The number of thioether (sulfide) groups is 1. The van der Waals surface area contributed by atoms with Crippen LogP contribution in [0.3, 0.4) is 0 Å². The van der Waals surface area contributed by atoms with Gasteiger partial charge in [-0.05, 0) is 6.26 Å². The van der Waals surface area contributed by atoms with Gasteiger partial charge in [-0.3, -0.25) is 0 Å². The summed E-state index contributed by atoms with van der Waals surface area (Å²) in [6, 6.07) is 0. The van der Waals surface area contributed by atoms with Gasteiger partial charge < -0.3 is 11.1 Å².